The van der Waals surface area contributed by atoms with Crippen LogP contribution < -0.4 is 0 Å². The molecule has 1 aliphatic rings. The molecule has 0 spiro atoms. The Bertz CT molecular complexity index is 745. The van der Waals surface area contributed by atoms with Gasteiger partial charge in [-0.2, -0.15) is 5.26 Å². The lowest BCUT2D eigenvalue weighted by Crippen LogP contribution is -2.30. The largest absolute Gasteiger partial charge is 0.509 e. The summed E-state index contributed by atoms with van der Waals surface area (Å²) >= 11 is 12.1. The molecule has 0 bridgehead atoms. The third kappa shape index (κ3) is 2.99. The Morgan fingerprint density at radius 3 is 2.00 bits per heavy atom. The quantitative estimate of drug-likeness (QED) is 0.603. The Morgan fingerprint density at radius 1 is 1.13 bits per heavy atom. The lowest BCUT2D eigenvalue weighted by atomic mass is 9.84. The van der Waals surface area contributed by atoms with E-state index in [2.05, 4.69) is 31.0 Å². The molecule has 0 aromatic heterocycles. The lowest BCUT2D eigenvalue weighted by molar-refractivity contribution is 0.356. The highest BCUT2D eigenvalue weighted by Crippen LogP contribution is 2.40. The number of aliphatic hydroxyl groups is 1. The molecule has 4 nitrogen and oxygen atoms in total. The van der Waals surface area contributed by atoms with Crippen LogP contribution in [0.3, 0.4) is 0 Å². The molecule has 1 aromatic rings. The average Bonchev–Trinajstić information content (AvgIpc) is 2.76. The van der Waals surface area contributed by atoms with Crippen LogP contribution in [0.4, 0.5) is 0 Å². The fraction of sp³-hybridized carbons (Fsp3) is 0.353. The van der Waals surface area contributed by atoms with Crippen molar-refractivity contribution in [3.05, 3.63) is 41.2 Å². The Kier molecular flexibility index (Phi) is 4.57. The van der Waals surface area contributed by atoms with Gasteiger partial charge in [-0.25, -0.2) is 0 Å². The second-order valence-corrected chi connectivity index (χ2v) is 7.29. The summed E-state index contributed by atoms with van der Waals surface area (Å²) in [4.78, 5) is 0. The van der Waals surface area contributed by atoms with Gasteiger partial charge in [-0.15, -0.1) is 10.2 Å². The summed E-state index contributed by atoms with van der Waals surface area (Å²) in [7, 11) is 0. The molecule has 1 N–H and O–H groups in total. The molecule has 1 aromatic carbocycles. The fourth-order valence-corrected chi connectivity index (χ4v) is 2.69. The molecule has 120 valence electrons. The van der Waals surface area contributed by atoms with Gasteiger partial charge in [-0.1, -0.05) is 68.2 Å². The van der Waals surface area contributed by atoms with Crippen molar-refractivity contribution in [2.75, 3.05) is 0 Å². The van der Waals surface area contributed by atoms with Crippen LogP contribution in [0.1, 0.15) is 38.8 Å². The molecule has 2 rings (SSSR count). The van der Waals surface area contributed by atoms with Crippen LogP contribution >= 0.6 is 23.2 Å². The smallest absolute Gasteiger partial charge is 0.149 e. The maximum absolute atomic E-state index is 10.6. The number of benzene rings is 1. The summed E-state index contributed by atoms with van der Waals surface area (Å²) < 4.78 is 0. The Hall–Kier alpha value is -1.83. The number of aliphatic hydroxyl groups excluding tert-OH is 1. The molecule has 0 amide bonds. The van der Waals surface area contributed by atoms with E-state index in [1.807, 2.05) is 18.2 Å². The van der Waals surface area contributed by atoms with Crippen LogP contribution in [-0.2, 0) is 5.41 Å². The highest BCUT2D eigenvalue weighted by molar-refractivity contribution is 6.78. The van der Waals surface area contributed by atoms with Gasteiger partial charge in [-0.05, 0) is 23.5 Å². The van der Waals surface area contributed by atoms with Crippen molar-refractivity contribution in [3.63, 3.8) is 0 Å². The minimum atomic E-state index is -1.28. The van der Waals surface area contributed by atoms with Gasteiger partial charge in [0.1, 0.15) is 27.6 Å². The Morgan fingerprint density at radius 2 is 1.61 bits per heavy atom. The first kappa shape index (κ1) is 17.5. The molecule has 23 heavy (non-hydrogen) atoms. The van der Waals surface area contributed by atoms with E-state index in [0.29, 0.717) is 5.56 Å². The zero-order valence-electron chi connectivity index (χ0n) is 13.4. The van der Waals surface area contributed by atoms with Gasteiger partial charge in [0, 0.05) is 0 Å². The van der Waals surface area contributed by atoms with Gasteiger partial charge in [0.05, 0.1) is 5.57 Å². The van der Waals surface area contributed by atoms with Crippen LogP contribution in [0.5, 0.6) is 0 Å². The summed E-state index contributed by atoms with van der Waals surface area (Å²) in [5, 5.41) is 27.5. The summed E-state index contributed by atoms with van der Waals surface area (Å²) in [6.07, 6.45) is 0. The van der Waals surface area contributed by atoms with E-state index in [4.69, 9.17) is 23.2 Å². The van der Waals surface area contributed by atoms with E-state index >= 15 is 0 Å². The SMILES string of the molecule is CC1(C(O)=C(C#N)c2ccc(C(C)(C)C)cc2)C(Cl)=NN=C1Cl. The number of rotatable bonds is 2. The van der Waals surface area contributed by atoms with Gasteiger partial charge in [0.15, 0.2) is 0 Å². The number of nitrogens with zero attached hydrogens (tertiary/aromatic N) is 3. The van der Waals surface area contributed by atoms with Crippen molar-refractivity contribution in [1.29, 1.82) is 5.26 Å². The van der Waals surface area contributed by atoms with Crippen LogP contribution in [-0.4, -0.2) is 15.4 Å². The molecular weight excluding hydrogens is 333 g/mol. The summed E-state index contributed by atoms with van der Waals surface area (Å²) in [6, 6.07) is 9.48. The zero-order chi connectivity index (χ0) is 17.4. The molecule has 0 atom stereocenters. The van der Waals surface area contributed by atoms with Gasteiger partial charge >= 0.3 is 0 Å². The van der Waals surface area contributed by atoms with Crippen molar-refractivity contribution in [3.8, 4) is 6.07 Å². The number of hydrogen-bond acceptors (Lipinski definition) is 4. The van der Waals surface area contributed by atoms with Crippen molar-refractivity contribution in [2.45, 2.75) is 33.1 Å². The molecular formula is C17H17Cl2N3O. The van der Waals surface area contributed by atoms with Gasteiger partial charge in [0.2, 0.25) is 0 Å². The molecule has 0 fully saturated rings. The summed E-state index contributed by atoms with van der Waals surface area (Å²) in [5.41, 5.74) is 0.526. The van der Waals surface area contributed by atoms with Gasteiger partial charge in [-0.3, -0.25) is 0 Å². The van der Waals surface area contributed by atoms with Crippen molar-refractivity contribution < 1.29 is 5.11 Å². The van der Waals surface area contributed by atoms with E-state index in [0.717, 1.165) is 5.56 Å². The highest BCUT2D eigenvalue weighted by atomic mass is 35.5. The fourth-order valence-electron chi connectivity index (χ4n) is 2.21. The monoisotopic (exact) mass is 349 g/mol. The van der Waals surface area contributed by atoms with Crippen molar-refractivity contribution >= 4 is 39.1 Å². The van der Waals surface area contributed by atoms with Crippen LogP contribution in [0, 0.1) is 16.7 Å². The second-order valence-electron chi connectivity index (χ2n) is 6.57. The third-order valence-electron chi connectivity index (χ3n) is 3.91. The number of halogens is 2. The zero-order valence-corrected chi connectivity index (χ0v) is 14.9. The van der Waals surface area contributed by atoms with Crippen LogP contribution in [0.2, 0.25) is 0 Å². The van der Waals surface area contributed by atoms with Crippen molar-refractivity contribution in [2.24, 2.45) is 15.6 Å². The number of allylic oxidation sites excluding steroid dienone is 2. The Labute approximate surface area is 145 Å². The first-order chi connectivity index (χ1) is 10.6. The van der Waals surface area contributed by atoms with Gasteiger partial charge in [0.25, 0.3) is 0 Å². The minimum absolute atomic E-state index is 0.000455. The maximum Gasteiger partial charge on any atom is 0.149 e. The van der Waals surface area contributed by atoms with Crippen LogP contribution in [0.15, 0.2) is 40.2 Å². The normalized spacial score (nSPS) is 18.0. The maximum atomic E-state index is 10.6. The second kappa shape index (κ2) is 5.99. The molecule has 1 heterocycles. The number of nitriles is 1. The van der Waals surface area contributed by atoms with Crippen LogP contribution in [0.25, 0.3) is 5.57 Å². The molecule has 0 unspecified atom stereocenters. The van der Waals surface area contributed by atoms with E-state index in [1.54, 1.807) is 19.1 Å². The summed E-state index contributed by atoms with van der Waals surface area (Å²) in [6.45, 7) is 7.89. The topological polar surface area (TPSA) is 68.7 Å². The van der Waals surface area contributed by atoms with E-state index in [-0.39, 0.29) is 27.1 Å². The molecule has 0 radical (unpaired) electrons. The number of hydrogen-bond donors (Lipinski definition) is 1. The molecule has 0 saturated carbocycles. The van der Waals surface area contributed by atoms with Gasteiger partial charge < -0.3 is 5.11 Å². The molecule has 1 aliphatic heterocycles. The molecule has 0 aliphatic carbocycles. The third-order valence-corrected chi connectivity index (χ3v) is 4.82. The highest BCUT2D eigenvalue weighted by Gasteiger charge is 2.45. The van der Waals surface area contributed by atoms with Crippen molar-refractivity contribution in [1.82, 2.24) is 0 Å². The van der Waals surface area contributed by atoms with E-state index in [9.17, 15) is 10.4 Å². The minimum Gasteiger partial charge on any atom is -0.509 e. The average molecular weight is 350 g/mol. The Balaban J connectivity index is 2.54. The first-order valence-corrected chi connectivity index (χ1v) is 7.80. The predicted molar refractivity (Wildman–Crippen MR) is 95.0 cm³/mol. The van der Waals surface area contributed by atoms with E-state index < -0.39 is 5.41 Å². The standard InChI is InChI=1S/C17H17Cl2N3O/c1-16(2,3)11-7-5-10(6-8-11)12(9-20)13(23)17(4)14(18)21-22-15(17)19/h5-8,23H,1-4H3. The summed E-state index contributed by atoms with van der Waals surface area (Å²) in [5.74, 6) is -0.261. The molecule has 6 heteroatoms. The first-order valence-electron chi connectivity index (χ1n) is 7.04. The predicted octanol–water partition coefficient (Wildman–Crippen LogP) is 4.99. The van der Waals surface area contributed by atoms with E-state index in [1.165, 1.54) is 0 Å². The lowest BCUT2D eigenvalue weighted by Gasteiger charge is -2.23. The molecule has 0 saturated heterocycles.